The molecule has 2 aliphatic rings. The Labute approximate surface area is 183 Å². The third kappa shape index (κ3) is 4.88. The SMILES string of the molecule is CNC(=O)/C=C/c1ccc(-c2ccc(NCC3CC4(C)CCC(C)(C3)N4)nn2)c(O)c1. The van der Waals surface area contributed by atoms with Gasteiger partial charge in [0.05, 0.1) is 5.69 Å². The number of phenols is 1. The summed E-state index contributed by atoms with van der Waals surface area (Å²) >= 11 is 0. The van der Waals surface area contributed by atoms with Gasteiger partial charge >= 0.3 is 0 Å². The zero-order chi connectivity index (χ0) is 22.1. The fourth-order valence-electron chi connectivity index (χ4n) is 5.15. The van der Waals surface area contributed by atoms with Crippen molar-refractivity contribution in [2.24, 2.45) is 5.92 Å². The van der Waals surface area contributed by atoms with Crippen LogP contribution in [0, 0.1) is 5.92 Å². The van der Waals surface area contributed by atoms with E-state index in [1.54, 1.807) is 25.3 Å². The van der Waals surface area contributed by atoms with Crippen LogP contribution < -0.4 is 16.0 Å². The van der Waals surface area contributed by atoms with Gasteiger partial charge in [0.2, 0.25) is 5.91 Å². The fraction of sp³-hybridized carbons (Fsp3) is 0.458. The number of rotatable bonds is 6. The van der Waals surface area contributed by atoms with Gasteiger partial charge in [-0.2, -0.15) is 0 Å². The van der Waals surface area contributed by atoms with Gasteiger partial charge < -0.3 is 21.1 Å². The maximum Gasteiger partial charge on any atom is 0.243 e. The summed E-state index contributed by atoms with van der Waals surface area (Å²) in [4.78, 5) is 11.3. The number of benzene rings is 1. The number of amides is 1. The highest BCUT2D eigenvalue weighted by atomic mass is 16.3. The summed E-state index contributed by atoms with van der Waals surface area (Å²) in [7, 11) is 1.57. The van der Waals surface area contributed by atoms with Crippen molar-refractivity contribution in [3.63, 3.8) is 0 Å². The summed E-state index contributed by atoms with van der Waals surface area (Å²) in [5, 5.41) is 28.8. The molecule has 3 heterocycles. The van der Waals surface area contributed by atoms with E-state index in [1.165, 1.54) is 31.8 Å². The highest BCUT2D eigenvalue weighted by molar-refractivity contribution is 5.91. The molecule has 4 N–H and O–H groups in total. The highest BCUT2D eigenvalue weighted by Gasteiger charge is 2.48. The van der Waals surface area contributed by atoms with Crippen LogP contribution in [0.4, 0.5) is 5.82 Å². The minimum atomic E-state index is -0.196. The molecule has 31 heavy (non-hydrogen) atoms. The first kappa shape index (κ1) is 21.3. The number of carbonyl (C=O) groups is 1. The van der Waals surface area contributed by atoms with Crippen molar-refractivity contribution in [1.29, 1.82) is 0 Å². The minimum Gasteiger partial charge on any atom is -0.507 e. The van der Waals surface area contributed by atoms with E-state index >= 15 is 0 Å². The van der Waals surface area contributed by atoms with E-state index < -0.39 is 0 Å². The number of anilines is 1. The Morgan fingerprint density at radius 3 is 2.55 bits per heavy atom. The summed E-state index contributed by atoms with van der Waals surface area (Å²) in [5.41, 5.74) is 2.45. The molecule has 2 fully saturated rings. The van der Waals surface area contributed by atoms with Crippen LogP contribution in [0.1, 0.15) is 45.1 Å². The number of hydrogen-bond donors (Lipinski definition) is 4. The average molecular weight is 422 g/mol. The second-order valence-electron chi connectivity index (χ2n) is 9.43. The fourth-order valence-corrected chi connectivity index (χ4v) is 5.15. The third-order valence-electron chi connectivity index (χ3n) is 6.52. The van der Waals surface area contributed by atoms with E-state index in [0.717, 1.165) is 17.9 Å². The molecular weight excluding hydrogens is 390 g/mol. The van der Waals surface area contributed by atoms with Gasteiger partial charge in [0.15, 0.2) is 0 Å². The standard InChI is InChI=1S/C24H31N5O2/c1-23-10-11-24(2,29-23)14-17(13-23)15-26-21-8-7-19(27-28-21)18-6-4-16(12-20(18)30)5-9-22(31)25-3/h4-9,12,17,29-30H,10-11,13-15H2,1-3H3,(H,25,31)(H,26,28)/b9-5+. The molecule has 7 nitrogen and oxygen atoms in total. The van der Waals surface area contributed by atoms with Crippen LogP contribution in [0.5, 0.6) is 5.75 Å². The van der Waals surface area contributed by atoms with Crippen LogP contribution in [0.15, 0.2) is 36.4 Å². The first-order chi connectivity index (χ1) is 14.8. The quantitative estimate of drug-likeness (QED) is 0.534. The van der Waals surface area contributed by atoms with E-state index in [0.29, 0.717) is 17.2 Å². The third-order valence-corrected chi connectivity index (χ3v) is 6.52. The van der Waals surface area contributed by atoms with Crippen LogP contribution in [-0.4, -0.2) is 45.9 Å². The lowest BCUT2D eigenvalue weighted by molar-refractivity contribution is -0.115. The van der Waals surface area contributed by atoms with Crippen molar-refractivity contribution in [2.75, 3.05) is 18.9 Å². The molecule has 0 saturated carbocycles. The second-order valence-corrected chi connectivity index (χ2v) is 9.43. The Kier molecular flexibility index (Phi) is 5.71. The molecule has 0 radical (unpaired) electrons. The normalized spacial score (nSPS) is 27.4. The average Bonchev–Trinajstić information content (AvgIpc) is 2.98. The maximum absolute atomic E-state index is 11.3. The number of hydrogen-bond acceptors (Lipinski definition) is 6. The Morgan fingerprint density at radius 2 is 1.94 bits per heavy atom. The molecule has 2 bridgehead atoms. The first-order valence-corrected chi connectivity index (χ1v) is 10.9. The molecule has 1 aromatic carbocycles. The van der Waals surface area contributed by atoms with E-state index in [2.05, 4.69) is 40.0 Å². The van der Waals surface area contributed by atoms with Gasteiger partial charge in [-0.1, -0.05) is 6.07 Å². The molecule has 1 amide bonds. The lowest BCUT2D eigenvalue weighted by atomic mass is 9.80. The van der Waals surface area contributed by atoms with Crippen LogP contribution in [-0.2, 0) is 4.79 Å². The number of nitrogens with one attached hydrogen (secondary N) is 3. The van der Waals surface area contributed by atoms with Gasteiger partial charge in [-0.05, 0) is 81.4 Å². The predicted octanol–water partition coefficient (Wildman–Crippen LogP) is 3.33. The maximum atomic E-state index is 11.3. The zero-order valence-electron chi connectivity index (χ0n) is 18.4. The molecule has 0 spiro atoms. The number of aromatic hydroxyl groups is 1. The number of carbonyl (C=O) groups excluding carboxylic acids is 1. The molecule has 2 atom stereocenters. The summed E-state index contributed by atoms with van der Waals surface area (Å²) in [6.45, 7) is 5.56. The van der Waals surface area contributed by atoms with E-state index in [-0.39, 0.29) is 22.7 Å². The van der Waals surface area contributed by atoms with Crippen molar-refractivity contribution in [3.05, 3.63) is 42.0 Å². The van der Waals surface area contributed by atoms with E-state index in [4.69, 9.17) is 0 Å². The summed E-state index contributed by atoms with van der Waals surface area (Å²) in [6.07, 6.45) is 7.92. The largest absolute Gasteiger partial charge is 0.507 e. The molecule has 7 heteroatoms. The van der Waals surface area contributed by atoms with E-state index in [9.17, 15) is 9.90 Å². The molecule has 2 aliphatic heterocycles. The number of aromatic nitrogens is 2. The highest BCUT2D eigenvalue weighted by Crippen LogP contribution is 2.44. The molecule has 164 valence electrons. The summed E-state index contributed by atoms with van der Waals surface area (Å²) < 4.78 is 0. The van der Waals surface area contributed by atoms with Crippen molar-refractivity contribution >= 4 is 17.8 Å². The lowest BCUT2D eigenvalue weighted by Crippen LogP contribution is -2.54. The summed E-state index contributed by atoms with van der Waals surface area (Å²) in [6, 6.07) is 8.98. The number of phenolic OH excluding ortho intramolecular Hbond substituents is 1. The first-order valence-electron chi connectivity index (χ1n) is 10.9. The Balaban J connectivity index is 1.38. The van der Waals surface area contributed by atoms with Crippen LogP contribution in [0.2, 0.25) is 0 Å². The number of fused-ring (bicyclic) bond motifs is 2. The zero-order valence-corrected chi connectivity index (χ0v) is 18.4. The van der Waals surface area contributed by atoms with Gasteiger partial charge in [0, 0.05) is 36.3 Å². The number of nitrogens with zero attached hydrogens (tertiary/aromatic N) is 2. The second kappa shape index (κ2) is 8.30. The van der Waals surface area contributed by atoms with Gasteiger partial charge in [-0.15, -0.1) is 10.2 Å². The van der Waals surface area contributed by atoms with Gasteiger partial charge in [0.25, 0.3) is 0 Å². The molecule has 2 aromatic rings. The van der Waals surface area contributed by atoms with Gasteiger partial charge in [0.1, 0.15) is 11.6 Å². The minimum absolute atomic E-state index is 0.0979. The van der Waals surface area contributed by atoms with Crippen molar-refractivity contribution in [2.45, 2.75) is 50.6 Å². The van der Waals surface area contributed by atoms with Gasteiger partial charge in [-0.3, -0.25) is 4.79 Å². The summed E-state index contributed by atoms with van der Waals surface area (Å²) in [5.74, 6) is 1.26. The Bertz CT molecular complexity index is 972. The molecular formula is C24H31N5O2. The molecule has 4 rings (SSSR count). The van der Waals surface area contributed by atoms with Crippen molar-refractivity contribution < 1.29 is 9.90 Å². The van der Waals surface area contributed by atoms with Crippen LogP contribution in [0.3, 0.4) is 0 Å². The van der Waals surface area contributed by atoms with Crippen LogP contribution >= 0.6 is 0 Å². The smallest absolute Gasteiger partial charge is 0.243 e. The van der Waals surface area contributed by atoms with Crippen molar-refractivity contribution in [3.8, 4) is 17.0 Å². The molecule has 1 aromatic heterocycles. The Hall–Kier alpha value is -2.93. The van der Waals surface area contributed by atoms with Gasteiger partial charge in [-0.25, -0.2) is 0 Å². The van der Waals surface area contributed by atoms with Crippen molar-refractivity contribution in [1.82, 2.24) is 20.8 Å². The monoisotopic (exact) mass is 421 g/mol. The van der Waals surface area contributed by atoms with Crippen LogP contribution in [0.25, 0.3) is 17.3 Å². The lowest BCUT2D eigenvalue weighted by Gasteiger charge is -2.42. The Morgan fingerprint density at radius 1 is 1.19 bits per heavy atom. The molecule has 2 saturated heterocycles. The number of piperidine rings is 1. The topological polar surface area (TPSA) is 99.2 Å². The molecule has 0 aliphatic carbocycles. The molecule has 2 unspecified atom stereocenters. The predicted molar refractivity (Wildman–Crippen MR) is 123 cm³/mol. The van der Waals surface area contributed by atoms with E-state index in [1.807, 2.05) is 18.2 Å². The number of likely N-dealkylation sites (N-methyl/N-ethyl adjacent to an activating group) is 1.